The minimum atomic E-state index is -0.454. The number of aryl methyl sites for hydroxylation is 1. The first-order valence-electron chi connectivity index (χ1n) is 8.70. The van der Waals surface area contributed by atoms with Crippen molar-refractivity contribution in [2.45, 2.75) is 44.8 Å². The molecular formula is C20H24N2O3. The van der Waals surface area contributed by atoms with E-state index in [1.807, 2.05) is 43.3 Å². The summed E-state index contributed by atoms with van der Waals surface area (Å²) in [6, 6.07) is 14.6. The fourth-order valence-electron chi connectivity index (χ4n) is 3.04. The Kier molecular flexibility index (Phi) is 5.56. The molecule has 1 saturated carbocycles. The molecule has 0 aromatic heterocycles. The molecule has 3 N–H and O–H groups in total. The molecule has 0 radical (unpaired) electrons. The lowest BCUT2D eigenvalue weighted by atomic mass is 9.93. The Bertz CT molecular complexity index is 715. The van der Waals surface area contributed by atoms with Crippen LogP contribution in [0.4, 0.5) is 10.5 Å². The van der Waals surface area contributed by atoms with Crippen molar-refractivity contribution in [1.29, 1.82) is 0 Å². The molecular weight excluding hydrogens is 316 g/mol. The van der Waals surface area contributed by atoms with E-state index in [2.05, 4.69) is 10.6 Å². The predicted molar refractivity (Wildman–Crippen MR) is 98.1 cm³/mol. The molecule has 3 rings (SSSR count). The zero-order valence-corrected chi connectivity index (χ0v) is 14.4. The van der Waals surface area contributed by atoms with E-state index in [0.717, 1.165) is 37.0 Å². The molecule has 132 valence electrons. The molecule has 5 heteroatoms. The van der Waals surface area contributed by atoms with E-state index in [-0.39, 0.29) is 12.1 Å². The molecule has 2 aromatic carbocycles. The van der Waals surface area contributed by atoms with Crippen molar-refractivity contribution >= 4 is 11.7 Å². The van der Waals surface area contributed by atoms with Crippen molar-refractivity contribution in [2.24, 2.45) is 0 Å². The highest BCUT2D eigenvalue weighted by atomic mass is 16.5. The Balaban J connectivity index is 1.54. The molecule has 2 aromatic rings. The van der Waals surface area contributed by atoms with Gasteiger partial charge in [-0.1, -0.05) is 25.0 Å². The molecule has 2 atom stereocenters. The van der Waals surface area contributed by atoms with Gasteiger partial charge in [-0.05, 0) is 61.7 Å². The highest BCUT2D eigenvalue weighted by molar-refractivity contribution is 5.89. The van der Waals surface area contributed by atoms with Gasteiger partial charge in [0.05, 0.1) is 12.1 Å². The number of ether oxygens (including phenoxy) is 1. The summed E-state index contributed by atoms with van der Waals surface area (Å²) in [5.74, 6) is 1.49. The van der Waals surface area contributed by atoms with Crippen molar-refractivity contribution in [3.05, 3.63) is 54.1 Å². The van der Waals surface area contributed by atoms with Gasteiger partial charge in [0.2, 0.25) is 0 Å². The van der Waals surface area contributed by atoms with Gasteiger partial charge in [0.25, 0.3) is 0 Å². The van der Waals surface area contributed by atoms with Gasteiger partial charge in [0.1, 0.15) is 11.5 Å². The number of aliphatic hydroxyl groups excluding tert-OH is 1. The van der Waals surface area contributed by atoms with E-state index in [1.54, 1.807) is 12.1 Å². The van der Waals surface area contributed by atoms with E-state index >= 15 is 0 Å². The number of anilines is 1. The maximum absolute atomic E-state index is 12.1. The second-order valence-corrected chi connectivity index (χ2v) is 6.50. The van der Waals surface area contributed by atoms with Crippen molar-refractivity contribution in [2.75, 3.05) is 5.32 Å². The Morgan fingerprint density at radius 1 is 1.08 bits per heavy atom. The van der Waals surface area contributed by atoms with Crippen molar-refractivity contribution in [3.63, 3.8) is 0 Å². The number of hydrogen-bond acceptors (Lipinski definition) is 3. The van der Waals surface area contributed by atoms with Crippen LogP contribution in [0.15, 0.2) is 48.5 Å². The van der Waals surface area contributed by atoms with E-state index < -0.39 is 6.10 Å². The molecule has 1 fully saturated rings. The summed E-state index contributed by atoms with van der Waals surface area (Å²) in [6.07, 6.45) is 3.16. The number of nitrogens with one attached hydrogen (secondary N) is 2. The van der Waals surface area contributed by atoms with Crippen molar-refractivity contribution in [3.8, 4) is 11.5 Å². The normalized spacial score (nSPS) is 19.9. The third kappa shape index (κ3) is 4.97. The summed E-state index contributed by atoms with van der Waals surface area (Å²) in [5, 5.41) is 15.6. The second kappa shape index (κ2) is 8.03. The Morgan fingerprint density at radius 2 is 1.84 bits per heavy atom. The minimum Gasteiger partial charge on any atom is -0.457 e. The summed E-state index contributed by atoms with van der Waals surface area (Å²) in [4.78, 5) is 12.1. The topological polar surface area (TPSA) is 70.6 Å². The number of benzene rings is 2. The van der Waals surface area contributed by atoms with Crippen LogP contribution in [-0.4, -0.2) is 23.3 Å². The van der Waals surface area contributed by atoms with Crippen molar-refractivity contribution in [1.82, 2.24) is 5.32 Å². The summed E-state index contributed by atoms with van der Waals surface area (Å²) < 4.78 is 5.79. The molecule has 0 saturated heterocycles. The summed E-state index contributed by atoms with van der Waals surface area (Å²) in [7, 11) is 0. The molecule has 2 unspecified atom stereocenters. The average Bonchev–Trinajstić information content (AvgIpc) is 2.59. The molecule has 0 spiro atoms. The lowest BCUT2D eigenvalue weighted by molar-refractivity contribution is 0.0955. The molecule has 25 heavy (non-hydrogen) atoms. The average molecular weight is 340 g/mol. The van der Waals surface area contributed by atoms with Gasteiger partial charge < -0.3 is 20.5 Å². The summed E-state index contributed by atoms with van der Waals surface area (Å²) >= 11 is 0. The van der Waals surface area contributed by atoms with E-state index in [1.165, 1.54) is 0 Å². The summed E-state index contributed by atoms with van der Waals surface area (Å²) in [6.45, 7) is 2.02. The van der Waals surface area contributed by atoms with Crippen LogP contribution in [0.5, 0.6) is 11.5 Å². The fourth-order valence-corrected chi connectivity index (χ4v) is 3.04. The zero-order valence-electron chi connectivity index (χ0n) is 14.4. The molecule has 0 heterocycles. The van der Waals surface area contributed by atoms with E-state index in [9.17, 15) is 9.90 Å². The molecule has 1 aliphatic rings. The van der Waals surface area contributed by atoms with Crippen LogP contribution >= 0.6 is 0 Å². The van der Waals surface area contributed by atoms with Crippen LogP contribution in [0.2, 0.25) is 0 Å². The zero-order chi connectivity index (χ0) is 17.6. The number of hydrogen-bond donors (Lipinski definition) is 3. The fraction of sp³-hybridized carbons (Fsp3) is 0.350. The number of aliphatic hydroxyl groups is 1. The van der Waals surface area contributed by atoms with E-state index in [0.29, 0.717) is 11.4 Å². The largest absolute Gasteiger partial charge is 0.457 e. The van der Waals surface area contributed by atoms with Gasteiger partial charge in [-0.3, -0.25) is 0 Å². The van der Waals surface area contributed by atoms with Crippen LogP contribution in [-0.2, 0) is 0 Å². The van der Waals surface area contributed by atoms with Crippen LogP contribution in [0, 0.1) is 6.92 Å². The highest BCUT2D eigenvalue weighted by Gasteiger charge is 2.24. The first-order valence-corrected chi connectivity index (χ1v) is 8.70. The van der Waals surface area contributed by atoms with Gasteiger partial charge >= 0.3 is 6.03 Å². The number of amides is 2. The first kappa shape index (κ1) is 17.3. The lowest BCUT2D eigenvalue weighted by Gasteiger charge is -2.28. The van der Waals surface area contributed by atoms with E-state index in [4.69, 9.17) is 4.74 Å². The summed E-state index contributed by atoms with van der Waals surface area (Å²) in [5.41, 5.74) is 1.82. The third-order valence-electron chi connectivity index (χ3n) is 4.38. The SMILES string of the molecule is Cc1cccc(Oc2ccc(NC(=O)NC3CCCCC3O)cc2)c1. The molecule has 0 bridgehead atoms. The predicted octanol–water partition coefficient (Wildman–Crippen LogP) is 4.21. The van der Waals surface area contributed by atoms with Crippen LogP contribution in [0.25, 0.3) is 0 Å². The van der Waals surface area contributed by atoms with Crippen LogP contribution < -0.4 is 15.4 Å². The monoisotopic (exact) mass is 340 g/mol. The number of rotatable bonds is 4. The number of carbonyl (C=O) groups excluding carboxylic acids is 1. The second-order valence-electron chi connectivity index (χ2n) is 6.50. The first-order chi connectivity index (χ1) is 12.1. The minimum absolute atomic E-state index is 0.169. The molecule has 5 nitrogen and oxygen atoms in total. The van der Waals surface area contributed by atoms with Gasteiger partial charge in [-0.25, -0.2) is 4.79 Å². The van der Waals surface area contributed by atoms with Crippen LogP contribution in [0.1, 0.15) is 31.2 Å². The number of urea groups is 1. The third-order valence-corrected chi connectivity index (χ3v) is 4.38. The van der Waals surface area contributed by atoms with Gasteiger partial charge in [-0.2, -0.15) is 0 Å². The maximum atomic E-state index is 12.1. The molecule has 0 aliphatic heterocycles. The van der Waals surface area contributed by atoms with Crippen LogP contribution in [0.3, 0.4) is 0 Å². The molecule has 1 aliphatic carbocycles. The van der Waals surface area contributed by atoms with Gasteiger partial charge in [0, 0.05) is 5.69 Å². The Morgan fingerprint density at radius 3 is 2.56 bits per heavy atom. The maximum Gasteiger partial charge on any atom is 0.319 e. The van der Waals surface area contributed by atoms with Crippen molar-refractivity contribution < 1.29 is 14.6 Å². The van der Waals surface area contributed by atoms with Gasteiger partial charge in [-0.15, -0.1) is 0 Å². The lowest BCUT2D eigenvalue weighted by Crippen LogP contribution is -2.46. The Labute approximate surface area is 148 Å². The highest BCUT2D eigenvalue weighted by Crippen LogP contribution is 2.24. The smallest absolute Gasteiger partial charge is 0.319 e. The number of carbonyl (C=O) groups is 1. The van der Waals surface area contributed by atoms with Gasteiger partial charge in [0.15, 0.2) is 0 Å². The Hall–Kier alpha value is -2.53. The standard InChI is InChI=1S/C20H24N2O3/c1-14-5-4-6-17(13-14)25-16-11-9-15(10-12-16)21-20(24)22-18-7-2-3-8-19(18)23/h4-6,9-13,18-19,23H,2-3,7-8H2,1H3,(H2,21,22,24). The quantitative estimate of drug-likeness (QED) is 0.781. The molecule has 2 amide bonds.